The van der Waals surface area contributed by atoms with E-state index in [1.54, 1.807) is 0 Å². The molecular weight excluding hydrogens is 488 g/mol. The normalized spacial score (nSPS) is 17.0. The van der Waals surface area contributed by atoms with Gasteiger partial charge in [-0.05, 0) is 102 Å². The second-order valence-electron chi connectivity index (χ2n) is 12.0. The first kappa shape index (κ1) is 26.8. The molecule has 0 unspecified atom stereocenters. The van der Waals surface area contributed by atoms with Gasteiger partial charge < -0.3 is 19.1 Å². The number of likely N-dealkylation sites (tertiary alicyclic amines) is 1. The first-order chi connectivity index (χ1) is 18.5. The van der Waals surface area contributed by atoms with E-state index in [-0.39, 0.29) is 17.6 Å². The van der Waals surface area contributed by atoms with Crippen LogP contribution >= 0.6 is 0 Å². The van der Waals surface area contributed by atoms with Crippen molar-refractivity contribution < 1.29 is 14.1 Å². The number of nitriles is 1. The number of benzene rings is 2. The fraction of sp³-hybridized carbons (Fsp3) is 0.469. The van der Waals surface area contributed by atoms with Crippen molar-refractivity contribution in [2.24, 2.45) is 0 Å². The average Bonchev–Trinajstić information content (AvgIpc) is 3.63. The van der Waals surface area contributed by atoms with Crippen molar-refractivity contribution in [3.8, 4) is 17.2 Å². The molecule has 1 aliphatic carbocycles. The molecule has 1 saturated heterocycles. The highest BCUT2D eigenvalue weighted by Crippen LogP contribution is 2.48. The summed E-state index contributed by atoms with van der Waals surface area (Å²) < 4.78 is 11.1. The number of amides is 1. The molecule has 2 aromatic carbocycles. The summed E-state index contributed by atoms with van der Waals surface area (Å²) in [5, 5.41) is 13.9. The maximum absolute atomic E-state index is 12.7. The minimum Gasteiger partial charge on any atom is -0.444 e. The van der Waals surface area contributed by atoms with Gasteiger partial charge in [-0.1, -0.05) is 29.4 Å². The van der Waals surface area contributed by atoms with E-state index in [4.69, 9.17) is 9.26 Å². The molecule has 3 aromatic rings. The van der Waals surface area contributed by atoms with E-state index >= 15 is 0 Å². The van der Waals surface area contributed by atoms with Crippen molar-refractivity contribution in [1.29, 1.82) is 5.26 Å². The molecule has 204 valence electrons. The van der Waals surface area contributed by atoms with Crippen LogP contribution < -0.4 is 4.90 Å². The lowest BCUT2D eigenvalue weighted by Gasteiger charge is -2.41. The summed E-state index contributed by atoms with van der Waals surface area (Å²) in [5.41, 5.74) is 6.60. The Balaban J connectivity index is 1.49. The molecule has 0 radical (unpaired) electrons. The van der Waals surface area contributed by atoms with Crippen molar-refractivity contribution >= 4 is 17.5 Å². The van der Waals surface area contributed by atoms with Crippen molar-refractivity contribution in [2.45, 2.75) is 84.3 Å². The van der Waals surface area contributed by atoms with E-state index in [1.165, 1.54) is 5.56 Å². The second kappa shape index (κ2) is 10.1. The lowest BCUT2D eigenvalue weighted by molar-refractivity contribution is 0.0206. The molecule has 1 aliphatic heterocycles. The molecule has 1 aromatic heterocycles. The molecule has 2 heterocycles. The number of piperidine rings is 1. The Labute approximate surface area is 231 Å². The summed E-state index contributed by atoms with van der Waals surface area (Å²) in [6.07, 6.45) is 3.23. The average molecular weight is 527 g/mol. The van der Waals surface area contributed by atoms with Crippen LogP contribution in [0.2, 0.25) is 0 Å². The van der Waals surface area contributed by atoms with Crippen LogP contribution in [0.25, 0.3) is 11.1 Å². The molecule has 0 spiro atoms. The van der Waals surface area contributed by atoms with E-state index in [2.05, 4.69) is 65.5 Å². The Hall–Kier alpha value is -3.79. The highest BCUT2D eigenvalue weighted by atomic mass is 16.6. The van der Waals surface area contributed by atoms with Crippen LogP contribution in [0.3, 0.4) is 0 Å². The fourth-order valence-corrected chi connectivity index (χ4v) is 5.63. The van der Waals surface area contributed by atoms with Crippen LogP contribution in [0.1, 0.15) is 69.0 Å². The summed E-state index contributed by atoms with van der Waals surface area (Å²) in [5.74, 6) is 0.801. The quantitative estimate of drug-likeness (QED) is 0.345. The van der Waals surface area contributed by atoms with Gasteiger partial charge in [0.1, 0.15) is 11.4 Å². The summed E-state index contributed by atoms with van der Waals surface area (Å²) in [7, 11) is 0. The van der Waals surface area contributed by atoms with Gasteiger partial charge in [0.2, 0.25) is 0 Å². The fourth-order valence-electron chi connectivity index (χ4n) is 5.63. The third kappa shape index (κ3) is 5.38. The zero-order chi connectivity index (χ0) is 27.9. The molecule has 5 rings (SSSR count). The minimum atomic E-state index is -0.514. The lowest BCUT2D eigenvalue weighted by Crippen LogP contribution is -2.47. The van der Waals surface area contributed by atoms with Crippen LogP contribution in [0.15, 0.2) is 47.0 Å². The number of hydrogen-bond acceptors (Lipinski definition) is 6. The number of aryl methyl sites for hydroxylation is 3. The third-order valence-corrected chi connectivity index (χ3v) is 7.93. The number of anilines is 2. The molecule has 0 atom stereocenters. The van der Waals surface area contributed by atoms with Gasteiger partial charge in [-0.15, -0.1) is 0 Å². The zero-order valence-corrected chi connectivity index (χ0v) is 23.9. The predicted octanol–water partition coefficient (Wildman–Crippen LogP) is 7.36. The minimum absolute atomic E-state index is 0.194. The number of rotatable bonds is 5. The van der Waals surface area contributed by atoms with Crippen LogP contribution in [0, 0.1) is 32.1 Å². The van der Waals surface area contributed by atoms with E-state index in [1.807, 2.05) is 39.5 Å². The summed E-state index contributed by atoms with van der Waals surface area (Å²) >= 11 is 0. The Morgan fingerprint density at radius 3 is 2.31 bits per heavy atom. The van der Waals surface area contributed by atoms with Gasteiger partial charge in [0, 0.05) is 36.1 Å². The van der Waals surface area contributed by atoms with Gasteiger partial charge in [-0.25, -0.2) is 4.79 Å². The smallest absolute Gasteiger partial charge is 0.410 e. The summed E-state index contributed by atoms with van der Waals surface area (Å²) in [6.45, 7) is 13.0. The van der Waals surface area contributed by atoms with Gasteiger partial charge in [0.25, 0.3) is 0 Å². The first-order valence-corrected chi connectivity index (χ1v) is 13.8. The lowest BCUT2D eigenvalue weighted by atomic mass is 9.95. The molecule has 7 heteroatoms. The SMILES string of the molecule is Cc1ccc(-c2c(C)noc2C)cc1N(c1ccc(C2(C#N)CC2)cc1)C1CCN(C(=O)OC(C)(C)C)CC1. The molecule has 39 heavy (non-hydrogen) atoms. The monoisotopic (exact) mass is 526 g/mol. The van der Waals surface area contributed by atoms with E-state index in [0.29, 0.717) is 13.1 Å². The van der Waals surface area contributed by atoms with Gasteiger partial charge in [-0.3, -0.25) is 0 Å². The number of nitrogens with zero attached hydrogens (tertiary/aromatic N) is 4. The summed E-state index contributed by atoms with van der Waals surface area (Å²) in [4.78, 5) is 17.0. The van der Waals surface area contributed by atoms with Crippen molar-refractivity contribution in [1.82, 2.24) is 10.1 Å². The van der Waals surface area contributed by atoms with Crippen molar-refractivity contribution in [3.05, 3.63) is 65.0 Å². The molecule has 7 nitrogen and oxygen atoms in total. The number of ether oxygens (including phenoxy) is 1. The Morgan fingerprint density at radius 1 is 1.10 bits per heavy atom. The predicted molar refractivity (Wildman–Crippen MR) is 152 cm³/mol. The molecular formula is C32H38N4O3. The van der Waals surface area contributed by atoms with E-state index < -0.39 is 5.60 Å². The van der Waals surface area contributed by atoms with Gasteiger partial charge in [-0.2, -0.15) is 5.26 Å². The van der Waals surface area contributed by atoms with Crippen molar-refractivity contribution in [3.63, 3.8) is 0 Å². The Kier molecular flexibility index (Phi) is 6.92. The molecule has 0 bridgehead atoms. The highest BCUT2D eigenvalue weighted by Gasteiger charge is 2.44. The Bertz CT molecular complexity index is 1380. The molecule has 1 amide bonds. The van der Waals surface area contributed by atoms with Crippen LogP contribution in [0.4, 0.5) is 16.2 Å². The van der Waals surface area contributed by atoms with Crippen LogP contribution in [0.5, 0.6) is 0 Å². The molecule has 2 aliphatic rings. The van der Waals surface area contributed by atoms with Gasteiger partial charge >= 0.3 is 6.09 Å². The number of hydrogen-bond donors (Lipinski definition) is 0. The number of carbonyl (C=O) groups excluding carboxylic acids is 1. The Morgan fingerprint density at radius 2 is 1.77 bits per heavy atom. The molecule has 1 saturated carbocycles. The van der Waals surface area contributed by atoms with E-state index in [0.717, 1.165) is 65.2 Å². The summed E-state index contributed by atoms with van der Waals surface area (Å²) in [6, 6.07) is 17.7. The van der Waals surface area contributed by atoms with E-state index in [9.17, 15) is 10.1 Å². The van der Waals surface area contributed by atoms with Gasteiger partial charge in [0.15, 0.2) is 0 Å². The maximum Gasteiger partial charge on any atom is 0.410 e. The molecule has 2 fully saturated rings. The zero-order valence-electron chi connectivity index (χ0n) is 23.9. The number of aromatic nitrogens is 1. The topological polar surface area (TPSA) is 82.6 Å². The standard InChI is InChI=1S/C32H38N4O3/c1-21-7-8-24(29-22(2)34-39-23(29)3)19-28(21)36(26-11-9-25(10-12-26)32(20-33)15-16-32)27-13-17-35(18-14-27)30(37)38-31(4,5)6/h7-12,19,27H,13-18H2,1-6H3. The second-order valence-corrected chi connectivity index (χ2v) is 12.0. The maximum atomic E-state index is 12.7. The van der Waals surface area contributed by atoms with Crippen LogP contribution in [-0.2, 0) is 10.2 Å². The van der Waals surface area contributed by atoms with Crippen molar-refractivity contribution in [2.75, 3.05) is 18.0 Å². The largest absolute Gasteiger partial charge is 0.444 e. The van der Waals surface area contributed by atoms with Gasteiger partial charge in [0.05, 0.1) is 17.2 Å². The first-order valence-electron chi connectivity index (χ1n) is 13.8. The highest BCUT2D eigenvalue weighted by molar-refractivity contribution is 5.77. The van der Waals surface area contributed by atoms with Crippen LogP contribution in [-0.4, -0.2) is 40.9 Å². The molecule has 0 N–H and O–H groups in total. The third-order valence-electron chi connectivity index (χ3n) is 7.93. The number of carbonyl (C=O) groups is 1.